The number of nitrogens with zero attached hydrogens (tertiary/aromatic N) is 1. The molecule has 0 radical (unpaired) electrons. The number of furan rings is 1. The van der Waals surface area contributed by atoms with Crippen molar-refractivity contribution in [3.05, 3.63) is 47.5 Å². The number of alkyl halides is 2. The van der Waals surface area contributed by atoms with Crippen molar-refractivity contribution in [3.63, 3.8) is 0 Å². The van der Waals surface area contributed by atoms with Crippen molar-refractivity contribution >= 4 is 11.8 Å². The van der Waals surface area contributed by atoms with Crippen molar-refractivity contribution in [2.45, 2.75) is 56.4 Å². The third-order valence-electron chi connectivity index (χ3n) is 4.08. The van der Waals surface area contributed by atoms with Gasteiger partial charge in [-0.1, -0.05) is 17.8 Å². The summed E-state index contributed by atoms with van der Waals surface area (Å²) in [5.74, 6) is -0.205. The molecule has 0 spiro atoms. The van der Waals surface area contributed by atoms with Crippen LogP contribution in [0.1, 0.15) is 42.8 Å². The largest absolute Gasteiger partial charge is 0.474 e. The van der Waals surface area contributed by atoms with E-state index in [-0.39, 0.29) is 5.75 Å². The number of nitrogens with one attached hydrogen (secondary N) is 1. The predicted molar refractivity (Wildman–Crippen MR) is 93.7 cm³/mol. The summed E-state index contributed by atoms with van der Waals surface area (Å²) in [5.41, 5.74) is 1.05. The second-order valence-electron chi connectivity index (χ2n) is 6.07. The molecule has 0 bridgehead atoms. The minimum atomic E-state index is -2.38. The Hall–Kier alpha value is -1.60. The molecule has 136 valence electrons. The van der Waals surface area contributed by atoms with Gasteiger partial charge in [0.05, 0.1) is 12.3 Å². The van der Waals surface area contributed by atoms with Crippen LogP contribution in [0.15, 0.2) is 34.9 Å². The zero-order valence-corrected chi connectivity index (χ0v) is 14.7. The molecule has 1 aliphatic rings. The summed E-state index contributed by atoms with van der Waals surface area (Å²) in [6, 6.07) is 7.45. The fourth-order valence-corrected chi connectivity index (χ4v) is 3.28. The summed E-state index contributed by atoms with van der Waals surface area (Å²) in [6.45, 7) is 1.19. The maximum atomic E-state index is 12.2. The van der Waals surface area contributed by atoms with E-state index in [1.165, 1.54) is 12.8 Å². The summed E-state index contributed by atoms with van der Waals surface area (Å²) >= 11 is 0.563. The van der Waals surface area contributed by atoms with Crippen LogP contribution in [0.5, 0.6) is 5.88 Å². The third kappa shape index (κ3) is 6.01. The number of thioether (sulfide) groups is 1. The highest BCUT2D eigenvalue weighted by molar-refractivity contribution is 7.98. The molecule has 1 N–H and O–H groups in total. The second kappa shape index (κ2) is 9.20. The van der Waals surface area contributed by atoms with Crippen molar-refractivity contribution in [2.75, 3.05) is 0 Å². The summed E-state index contributed by atoms with van der Waals surface area (Å²) in [4.78, 5) is 4.35. The first-order chi connectivity index (χ1) is 12.2. The van der Waals surface area contributed by atoms with Crippen molar-refractivity contribution in [1.82, 2.24) is 10.3 Å². The molecule has 1 fully saturated rings. The molecule has 0 saturated heterocycles. The summed E-state index contributed by atoms with van der Waals surface area (Å²) < 4.78 is 35.7. The molecule has 0 aliphatic heterocycles. The zero-order valence-electron chi connectivity index (χ0n) is 13.9. The number of halogens is 2. The minimum Gasteiger partial charge on any atom is -0.474 e. The van der Waals surface area contributed by atoms with Crippen LogP contribution < -0.4 is 10.1 Å². The van der Waals surface area contributed by atoms with E-state index in [9.17, 15) is 8.78 Å². The molecule has 4 nitrogen and oxygen atoms in total. The van der Waals surface area contributed by atoms with E-state index in [4.69, 9.17) is 9.15 Å². The highest BCUT2D eigenvalue weighted by Crippen LogP contribution is 2.23. The Morgan fingerprint density at radius 3 is 2.68 bits per heavy atom. The molecule has 0 atom stereocenters. The summed E-state index contributed by atoms with van der Waals surface area (Å²) in [5, 5.41) is 3.26. The fraction of sp³-hybridized carbons (Fsp3) is 0.500. The van der Waals surface area contributed by atoms with Crippen molar-refractivity contribution < 1.29 is 17.9 Å². The monoisotopic (exact) mass is 368 g/mol. The molecule has 1 saturated carbocycles. The molecule has 2 heterocycles. The Labute approximate surface area is 150 Å². The Morgan fingerprint density at radius 1 is 1.16 bits per heavy atom. The van der Waals surface area contributed by atoms with Gasteiger partial charge in [0.1, 0.15) is 17.6 Å². The van der Waals surface area contributed by atoms with Gasteiger partial charge in [-0.25, -0.2) is 4.98 Å². The standard InChI is InChI=1S/C18H22F2N2O2S/c19-18(20)25-12-16-7-6-15(23-16)11-21-9-13-5-8-17(22-10-13)24-14-3-1-2-4-14/h5-8,10,14,18,21H,1-4,9,11-12H2. The van der Waals surface area contributed by atoms with Gasteiger partial charge in [0, 0.05) is 18.8 Å². The fourth-order valence-electron chi connectivity index (χ4n) is 2.83. The van der Waals surface area contributed by atoms with Gasteiger partial charge in [0.15, 0.2) is 0 Å². The maximum Gasteiger partial charge on any atom is 0.284 e. The third-order valence-corrected chi connectivity index (χ3v) is 4.79. The Morgan fingerprint density at radius 2 is 1.96 bits per heavy atom. The van der Waals surface area contributed by atoms with Gasteiger partial charge >= 0.3 is 0 Å². The van der Waals surface area contributed by atoms with Crippen LogP contribution in [-0.4, -0.2) is 16.8 Å². The van der Waals surface area contributed by atoms with Gasteiger partial charge in [0.2, 0.25) is 5.88 Å². The number of hydrogen-bond acceptors (Lipinski definition) is 5. The molecule has 0 amide bonds. The lowest BCUT2D eigenvalue weighted by Crippen LogP contribution is -2.13. The SMILES string of the molecule is FC(F)SCc1ccc(CNCc2ccc(OC3CCCC3)nc2)o1. The summed E-state index contributed by atoms with van der Waals surface area (Å²) in [7, 11) is 0. The first-order valence-electron chi connectivity index (χ1n) is 8.48. The number of hydrogen-bond donors (Lipinski definition) is 1. The van der Waals surface area contributed by atoms with Crippen LogP contribution >= 0.6 is 11.8 Å². The average Bonchev–Trinajstić information content (AvgIpc) is 3.26. The van der Waals surface area contributed by atoms with Crippen LogP contribution in [-0.2, 0) is 18.8 Å². The van der Waals surface area contributed by atoms with E-state index in [1.807, 2.05) is 24.4 Å². The minimum absolute atomic E-state index is 0.185. The van der Waals surface area contributed by atoms with Crippen LogP contribution in [0.2, 0.25) is 0 Å². The lowest BCUT2D eigenvalue weighted by atomic mass is 10.2. The van der Waals surface area contributed by atoms with Gasteiger partial charge in [-0.15, -0.1) is 0 Å². The van der Waals surface area contributed by atoms with Crippen molar-refractivity contribution in [2.24, 2.45) is 0 Å². The molecule has 2 aromatic rings. The zero-order chi connectivity index (χ0) is 17.5. The predicted octanol–water partition coefficient (Wildman–Crippen LogP) is 4.74. The Kier molecular flexibility index (Phi) is 6.69. The van der Waals surface area contributed by atoms with E-state index in [0.29, 0.717) is 42.6 Å². The van der Waals surface area contributed by atoms with E-state index in [1.54, 1.807) is 6.07 Å². The molecule has 0 unspecified atom stereocenters. The number of rotatable bonds is 9. The van der Waals surface area contributed by atoms with Gasteiger partial charge < -0.3 is 14.5 Å². The highest BCUT2D eigenvalue weighted by atomic mass is 32.2. The second-order valence-corrected chi connectivity index (χ2v) is 7.05. The van der Waals surface area contributed by atoms with Gasteiger partial charge in [0.25, 0.3) is 5.76 Å². The molecular weight excluding hydrogens is 346 g/mol. The molecule has 1 aliphatic carbocycles. The normalized spacial score (nSPS) is 15.2. The van der Waals surface area contributed by atoms with Crippen molar-refractivity contribution in [3.8, 4) is 5.88 Å². The molecule has 3 rings (SSSR count). The quantitative estimate of drug-likeness (QED) is 0.693. The maximum absolute atomic E-state index is 12.2. The number of ether oxygens (including phenoxy) is 1. The van der Waals surface area contributed by atoms with Crippen LogP contribution in [0.25, 0.3) is 0 Å². The Balaban J connectivity index is 1.39. The van der Waals surface area contributed by atoms with E-state index >= 15 is 0 Å². The van der Waals surface area contributed by atoms with Crippen LogP contribution in [0.4, 0.5) is 8.78 Å². The number of aromatic nitrogens is 1. The van der Waals surface area contributed by atoms with Crippen molar-refractivity contribution in [1.29, 1.82) is 0 Å². The van der Waals surface area contributed by atoms with Crippen LogP contribution in [0, 0.1) is 0 Å². The molecule has 7 heteroatoms. The summed E-state index contributed by atoms with van der Waals surface area (Å²) in [6.07, 6.45) is 6.83. The van der Waals surface area contributed by atoms with E-state index in [2.05, 4.69) is 10.3 Å². The van der Waals surface area contributed by atoms with Gasteiger partial charge in [-0.2, -0.15) is 8.78 Å². The Bertz CT molecular complexity index is 643. The van der Waals surface area contributed by atoms with Gasteiger partial charge in [-0.3, -0.25) is 0 Å². The molecule has 2 aromatic heterocycles. The highest BCUT2D eigenvalue weighted by Gasteiger charge is 2.16. The van der Waals surface area contributed by atoms with Gasteiger partial charge in [-0.05, 0) is 43.4 Å². The average molecular weight is 368 g/mol. The smallest absolute Gasteiger partial charge is 0.284 e. The molecule has 25 heavy (non-hydrogen) atoms. The first kappa shape index (κ1) is 18.2. The lowest BCUT2D eigenvalue weighted by molar-refractivity contribution is 0.201. The topological polar surface area (TPSA) is 47.3 Å². The van der Waals surface area contributed by atoms with E-state index < -0.39 is 5.76 Å². The molecule has 0 aromatic carbocycles. The lowest BCUT2D eigenvalue weighted by Gasteiger charge is -2.12. The molecular formula is C18H22F2N2O2S. The van der Waals surface area contributed by atoms with Crippen LogP contribution in [0.3, 0.4) is 0 Å². The first-order valence-corrected chi connectivity index (χ1v) is 9.53. The number of pyridine rings is 1. The van der Waals surface area contributed by atoms with E-state index in [0.717, 1.165) is 24.2 Å².